The number of nitrogens with one attached hydrogen (secondary N) is 1. The molecule has 2 heterocycles. The third-order valence-corrected chi connectivity index (χ3v) is 6.18. The highest BCUT2D eigenvalue weighted by Gasteiger charge is 2.17. The van der Waals surface area contributed by atoms with Crippen molar-refractivity contribution in [2.45, 2.75) is 13.2 Å². The van der Waals surface area contributed by atoms with Crippen LogP contribution in [0.25, 0.3) is 0 Å². The molecular formula is C24H27N3O2S. The van der Waals surface area contributed by atoms with Gasteiger partial charge in [0.15, 0.2) is 0 Å². The number of nitrogens with zero attached hydrogens (tertiary/aromatic N) is 2. The number of benzene rings is 2. The van der Waals surface area contributed by atoms with Crippen LogP contribution in [0.15, 0.2) is 66.0 Å². The van der Waals surface area contributed by atoms with Gasteiger partial charge in [0, 0.05) is 48.9 Å². The summed E-state index contributed by atoms with van der Waals surface area (Å²) in [5.74, 6) is 0.610. The Kier molecular flexibility index (Phi) is 6.67. The van der Waals surface area contributed by atoms with Crippen LogP contribution in [0.2, 0.25) is 0 Å². The fourth-order valence-corrected chi connectivity index (χ4v) is 4.19. The predicted molar refractivity (Wildman–Crippen MR) is 122 cm³/mol. The van der Waals surface area contributed by atoms with Crippen molar-refractivity contribution in [2.75, 3.05) is 38.1 Å². The second-order valence-electron chi connectivity index (χ2n) is 7.50. The molecule has 1 aliphatic rings. The molecule has 0 aliphatic carbocycles. The van der Waals surface area contributed by atoms with Gasteiger partial charge in [0.05, 0.1) is 0 Å². The van der Waals surface area contributed by atoms with E-state index >= 15 is 0 Å². The number of ether oxygens (including phenoxy) is 1. The lowest BCUT2D eigenvalue weighted by Gasteiger charge is -2.35. The maximum absolute atomic E-state index is 12.7. The molecule has 30 heavy (non-hydrogen) atoms. The van der Waals surface area contributed by atoms with E-state index in [2.05, 4.69) is 40.4 Å². The van der Waals surface area contributed by atoms with Crippen molar-refractivity contribution in [3.05, 3.63) is 82.0 Å². The van der Waals surface area contributed by atoms with Crippen LogP contribution in [0.1, 0.15) is 20.8 Å². The summed E-state index contributed by atoms with van der Waals surface area (Å²) >= 11 is 1.66. The first-order chi connectivity index (χ1) is 14.7. The predicted octanol–water partition coefficient (Wildman–Crippen LogP) is 4.01. The van der Waals surface area contributed by atoms with E-state index in [1.165, 1.54) is 5.69 Å². The topological polar surface area (TPSA) is 44.8 Å². The van der Waals surface area contributed by atoms with Crippen LogP contribution in [-0.2, 0) is 13.2 Å². The van der Waals surface area contributed by atoms with E-state index in [0.717, 1.165) is 36.6 Å². The lowest BCUT2D eigenvalue weighted by molar-refractivity contribution is 0.0950. The first kappa shape index (κ1) is 20.4. The molecule has 1 N–H and O–H groups in total. The number of para-hydroxylation sites is 1. The molecule has 1 amide bonds. The van der Waals surface area contributed by atoms with Gasteiger partial charge >= 0.3 is 0 Å². The second-order valence-corrected chi connectivity index (χ2v) is 8.53. The van der Waals surface area contributed by atoms with E-state index in [4.69, 9.17) is 4.74 Å². The minimum atomic E-state index is -0.0928. The van der Waals surface area contributed by atoms with Crippen LogP contribution in [0, 0.1) is 0 Å². The van der Waals surface area contributed by atoms with Crippen LogP contribution >= 0.6 is 11.3 Å². The van der Waals surface area contributed by atoms with Gasteiger partial charge in [-0.15, -0.1) is 11.3 Å². The lowest BCUT2D eigenvalue weighted by Crippen LogP contribution is -2.45. The number of hydrogen-bond donors (Lipinski definition) is 1. The second kappa shape index (κ2) is 9.78. The van der Waals surface area contributed by atoms with Gasteiger partial charge in [0.1, 0.15) is 12.4 Å². The molecule has 1 fully saturated rings. The van der Waals surface area contributed by atoms with Gasteiger partial charge < -0.3 is 19.9 Å². The normalized spacial score (nSPS) is 14.5. The molecule has 1 saturated heterocycles. The van der Waals surface area contributed by atoms with Gasteiger partial charge in [-0.2, -0.15) is 0 Å². The smallest absolute Gasteiger partial charge is 0.251 e. The number of amides is 1. The number of hydrogen-bond acceptors (Lipinski definition) is 5. The van der Waals surface area contributed by atoms with E-state index in [0.29, 0.717) is 24.5 Å². The molecule has 4 rings (SSSR count). The molecule has 5 nitrogen and oxygen atoms in total. The Morgan fingerprint density at radius 1 is 1.03 bits per heavy atom. The molecule has 1 aromatic heterocycles. The number of thiophene rings is 1. The van der Waals surface area contributed by atoms with E-state index < -0.39 is 0 Å². The highest BCUT2D eigenvalue weighted by atomic mass is 32.1. The fourth-order valence-electron chi connectivity index (χ4n) is 3.57. The number of carbonyl (C=O) groups is 1. The van der Waals surface area contributed by atoms with Crippen LogP contribution in [0.4, 0.5) is 5.69 Å². The van der Waals surface area contributed by atoms with Gasteiger partial charge in [0.2, 0.25) is 0 Å². The van der Waals surface area contributed by atoms with Crippen molar-refractivity contribution in [1.82, 2.24) is 10.2 Å². The molecule has 0 saturated carbocycles. The molecule has 0 radical (unpaired) electrons. The highest BCUT2D eigenvalue weighted by molar-refractivity contribution is 7.09. The monoisotopic (exact) mass is 421 g/mol. The van der Waals surface area contributed by atoms with Crippen LogP contribution in [0.3, 0.4) is 0 Å². The fraction of sp³-hybridized carbons (Fsp3) is 0.292. The molecule has 0 atom stereocenters. The van der Waals surface area contributed by atoms with E-state index in [9.17, 15) is 4.79 Å². The van der Waals surface area contributed by atoms with E-state index in [1.54, 1.807) is 17.4 Å². The Labute approximate surface area is 181 Å². The van der Waals surface area contributed by atoms with Gasteiger partial charge in [-0.05, 0) is 48.3 Å². The summed E-state index contributed by atoms with van der Waals surface area (Å²) in [5.41, 5.74) is 2.95. The van der Waals surface area contributed by atoms with Crippen LogP contribution < -0.4 is 15.0 Å². The summed E-state index contributed by atoms with van der Waals surface area (Å²) in [6.07, 6.45) is 0. The molecule has 0 bridgehead atoms. The summed E-state index contributed by atoms with van der Waals surface area (Å²) < 4.78 is 5.83. The van der Waals surface area contributed by atoms with Crippen molar-refractivity contribution >= 4 is 22.9 Å². The summed E-state index contributed by atoms with van der Waals surface area (Å²) in [5, 5.41) is 5.10. The molecule has 156 valence electrons. The van der Waals surface area contributed by atoms with Crippen molar-refractivity contribution < 1.29 is 9.53 Å². The maximum atomic E-state index is 12.7. The van der Waals surface area contributed by atoms with Crippen LogP contribution in [-0.4, -0.2) is 44.0 Å². The largest absolute Gasteiger partial charge is 0.488 e. The first-order valence-electron chi connectivity index (χ1n) is 10.2. The number of carbonyl (C=O) groups excluding carboxylic acids is 1. The average Bonchev–Trinajstić information content (AvgIpc) is 3.31. The van der Waals surface area contributed by atoms with E-state index in [-0.39, 0.29) is 5.91 Å². The molecule has 2 aromatic carbocycles. The summed E-state index contributed by atoms with van der Waals surface area (Å²) in [6, 6.07) is 19.7. The Balaban J connectivity index is 1.37. The lowest BCUT2D eigenvalue weighted by atomic mass is 10.1. The number of likely N-dealkylation sites (N-methyl/N-ethyl adjacent to an activating group) is 1. The van der Waals surface area contributed by atoms with Crippen molar-refractivity contribution in [3.63, 3.8) is 0 Å². The summed E-state index contributed by atoms with van der Waals surface area (Å²) in [7, 11) is 2.15. The highest BCUT2D eigenvalue weighted by Crippen LogP contribution is 2.22. The van der Waals surface area contributed by atoms with Crippen LogP contribution in [0.5, 0.6) is 5.75 Å². The number of anilines is 1. The molecule has 6 heteroatoms. The molecule has 1 aliphatic heterocycles. The van der Waals surface area contributed by atoms with E-state index in [1.807, 2.05) is 41.8 Å². The Morgan fingerprint density at radius 2 is 1.87 bits per heavy atom. The van der Waals surface area contributed by atoms with Gasteiger partial charge in [-0.3, -0.25) is 4.79 Å². The summed E-state index contributed by atoms with van der Waals surface area (Å²) in [6.45, 7) is 5.14. The zero-order chi connectivity index (χ0) is 20.8. The quantitative estimate of drug-likeness (QED) is 0.626. The Morgan fingerprint density at radius 3 is 2.67 bits per heavy atom. The first-order valence-corrected chi connectivity index (χ1v) is 11.1. The zero-order valence-electron chi connectivity index (χ0n) is 17.2. The van der Waals surface area contributed by atoms with Gasteiger partial charge in [-0.1, -0.05) is 30.3 Å². The van der Waals surface area contributed by atoms with Crippen molar-refractivity contribution in [2.24, 2.45) is 0 Å². The molecular weight excluding hydrogens is 394 g/mol. The Bertz CT molecular complexity index is 966. The Hall–Kier alpha value is -2.83. The van der Waals surface area contributed by atoms with Gasteiger partial charge in [0.25, 0.3) is 5.91 Å². The molecule has 3 aromatic rings. The standard InChI is InChI=1S/C24H27N3O2S/c1-26-11-13-27(14-12-26)23-10-3-2-6-20(23)17-25-24(28)19-7-4-8-21(16-19)29-18-22-9-5-15-30-22/h2-10,15-16H,11-14,17-18H2,1H3,(H,25,28). The summed E-state index contributed by atoms with van der Waals surface area (Å²) in [4.78, 5) is 18.7. The molecule has 0 unspecified atom stereocenters. The average molecular weight is 422 g/mol. The van der Waals surface area contributed by atoms with Crippen molar-refractivity contribution in [1.29, 1.82) is 0 Å². The minimum Gasteiger partial charge on any atom is -0.488 e. The number of piperazine rings is 1. The number of rotatable bonds is 7. The maximum Gasteiger partial charge on any atom is 0.251 e. The minimum absolute atomic E-state index is 0.0928. The third kappa shape index (κ3) is 5.20. The van der Waals surface area contributed by atoms with Gasteiger partial charge in [-0.25, -0.2) is 0 Å². The molecule has 0 spiro atoms. The zero-order valence-corrected chi connectivity index (χ0v) is 18.0. The SMILES string of the molecule is CN1CCN(c2ccccc2CNC(=O)c2cccc(OCc3cccs3)c2)CC1. The van der Waals surface area contributed by atoms with Crippen molar-refractivity contribution in [3.8, 4) is 5.75 Å². The third-order valence-electron chi connectivity index (χ3n) is 5.33.